The summed E-state index contributed by atoms with van der Waals surface area (Å²) in [6.07, 6.45) is 1.47. The summed E-state index contributed by atoms with van der Waals surface area (Å²) in [4.78, 5) is 0. The first-order valence-corrected chi connectivity index (χ1v) is 5.98. The van der Waals surface area contributed by atoms with Crippen molar-refractivity contribution in [3.8, 4) is 6.07 Å². The van der Waals surface area contributed by atoms with Gasteiger partial charge in [-0.25, -0.2) is 0 Å². The third kappa shape index (κ3) is 2.56. The van der Waals surface area contributed by atoms with E-state index in [1.807, 2.05) is 32.4 Å². The molecule has 0 radical (unpaired) electrons. The van der Waals surface area contributed by atoms with E-state index in [9.17, 15) is 0 Å². The van der Waals surface area contributed by atoms with Crippen molar-refractivity contribution in [3.05, 3.63) is 16.4 Å². The summed E-state index contributed by atoms with van der Waals surface area (Å²) >= 11 is 6.28. The molecule has 1 aromatic rings. The van der Waals surface area contributed by atoms with Crippen LogP contribution in [-0.2, 0) is 19.4 Å². The zero-order valence-electron chi connectivity index (χ0n) is 10.3. The fourth-order valence-electron chi connectivity index (χ4n) is 1.64. The van der Waals surface area contributed by atoms with Crippen LogP contribution in [0.4, 0.5) is 0 Å². The Hall–Kier alpha value is -1.01. The Kier molecular flexibility index (Phi) is 3.98. The average Bonchev–Trinajstić information content (AvgIpc) is 2.55. The molecule has 0 unspecified atom stereocenters. The minimum absolute atomic E-state index is 0.401. The maximum atomic E-state index is 9.05. The number of rotatable bonds is 4. The van der Waals surface area contributed by atoms with Gasteiger partial charge in [-0.15, -0.1) is 0 Å². The van der Waals surface area contributed by atoms with Crippen molar-refractivity contribution in [2.75, 3.05) is 0 Å². The molecule has 1 aromatic heterocycles. The van der Waals surface area contributed by atoms with E-state index < -0.39 is 5.41 Å². The van der Waals surface area contributed by atoms with E-state index in [0.717, 1.165) is 29.4 Å². The summed E-state index contributed by atoms with van der Waals surface area (Å²) in [7, 11) is 0. The van der Waals surface area contributed by atoms with Gasteiger partial charge in [-0.2, -0.15) is 10.4 Å². The van der Waals surface area contributed by atoms with Crippen LogP contribution in [0.1, 0.15) is 39.1 Å². The van der Waals surface area contributed by atoms with Crippen LogP contribution in [0.15, 0.2) is 0 Å². The van der Waals surface area contributed by atoms with Gasteiger partial charge in [-0.05, 0) is 27.2 Å². The molecule has 0 atom stereocenters. The molecule has 0 saturated heterocycles. The molecular formula is C12H18ClN3. The lowest BCUT2D eigenvalue weighted by atomic mass is 9.89. The van der Waals surface area contributed by atoms with E-state index in [4.69, 9.17) is 16.9 Å². The molecule has 0 amide bonds. The van der Waals surface area contributed by atoms with Crippen LogP contribution >= 0.6 is 11.6 Å². The highest BCUT2D eigenvalue weighted by Gasteiger charge is 2.23. The molecule has 88 valence electrons. The second-order valence-electron chi connectivity index (χ2n) is 4.55. The summed E-state index contributed by atoms with van der Waals surface area (Å²) in [5, 5.41) is 14.2. The van der Waals surface area contributed by atoms with Crippen LogP contribution in [0.2, 0.25) is 5.02 Å². The molecule has 0 fully saturated rings. The summed E-state index contributed by atoms with van der Waals surface area (Å²) in [6.45, 7) is 8.69. The lowest BCUT2D eigenvalue weighted by Crippen LogP contribution is -2.15. The highest BCUT2D eigenvalue weighted by molar-refractivity contribution is 6.31. The predicted molar refractivity (Wildman–Crippen MR) is 65.4 cm³/mol. The number of nitrogens with zero attached hydrogens (tertiary/aromatic N) is 3. The monoisotopic (exact) mass is 239 g/mol. The van der Waals surface area contributed by atoms with E-state index in [2.05, 4.69) is 11.2 Å². The number of hydrogen-bond acceptors (Lipinski definition) is 2. The van der Waals surface area contributed by atoms with Crippen molar-refractivity contribution < 1.29 is 0 Å². The first kappa shape index (κ1) is 13.1. The summed E-state index contributed by atoms with van der Waals surface area (Å²) in [6, 6.07) is 2.30. The molecule has 4 heteroatoms. The van der Waals surface area contributed by atoms with E-state index in [1.54, 1.807) is 0 Å². The molecule has 0 N–H and O–H groups in total. The molecule has 1 heterocycles. The van der Waals surface area contributed by atoms with Gasteiger partial charge in [-0.1, -0.05) is 18.5 Å². The van der Waals surface area contributed by atoms with Gasteiger partial charge in [0, 0.05) is 13.0 Å². The Morgan fingerprint density at radius 3 is 2.50 bits per heavy atom. The van der Waals surface area contributed by atoms with Crippen LogP contribution in [0, 0.1) is 16.7 Å². The zero-order valence-corrected chi connectivity index (χ0v) is 11.1. The number of aromatic nitrogens is 2. The highest BCUT2D eigenvalue weighted by Crippen LogP contribution is 2.28. The average molecular weight is 240 g/mol. The van der Waals surface area contributed by atoms with Crippen molar-refractivity contribution in [1.82, 2.24) is 9.78 Å². The quantitative estimate of drug-likeness (QED) is 0.810. The molecule has 0 aliphatic carbocycles. The fraction of sp³-hybridized carbons (Fsp3) is 0.667. The molecule has 0 bridgehead atoms. The third-order valence-electron chi connectivity index (χ3n) is 2.61. The molecular weight excluding hydrogens is 222 g/mol. The van der Waals surface area contributed by atoms with Gasteiger partial charge < -0.3 is 0 Å². The van der Waals surface area contributed by atoms with Gasteiger partial charge in [0.2, 0.25) is 0 Å². The lowest BCUT2D eigenvalue weighted by molar-refractivity contribution is 0.464. The van der Waals surface area contributed by atoms with Crippen LogP contribution in [0.25, 0.3) is 0 Å². The Balaban J connectivity index is 3.13. The Labute approximate surface area is 102 Å². The Bertz CT molecular complexity index is 413. The second-order valence-corrected chi connectivity index (χ2v) is 4.93. The van der Waals surface area contributed by atoms with Gasteiger partial charge in [0.15, 0.2) is 0 Å². The SMILES string of the molecule is CCc1nn(CC)c(CC(C)(C)C#N)c1Cl. The van der Waals surface area contributed by atoms with Crippen LogP contribution in [0.5, 0.6) is 0 Å². The normalized spacial score (nSPS) is 11.5. The maximum absolute atomic E-state index is 9.05. The Morgan fingerprint density at radius 2 is 2.06 bits per heavy atom. The Morgan fingerprint density at radius 1 is 1.44 bits per heavy atom. The van der Waals surface area contributed by atoms with Gasteiger partial charge >= 0.3 is 0 Å². The first-order chi connectivity index (χ1) is 7.45. The van der Waals surface area contributed by atoms with E-state index in [0.29, 0.717) is 6.42 Å². The third-order valence-corrected chi connectivity index (χ3v) is 3.04. The van der Waals surface area contributed by atoms with Crippen LogP contribution in [-0.4, -0.2) is 9.78 Å². The largest absolute Gasteiger partial charge is 0.268 e. The summed E-state index contributed by atoms with van der Waals surface area (Å²) in [5.41, 5.74) is 1.50. The van der Waals surface area contributed by atoms with Gasteiger partial charge in [-0.3, -0.25) is 4.68 Å². The molecule has 16 heavy (non-hydrogen) atoms. The topological polar surface area (TPSA) is 41.6 Å². The van der Waals surface area contributed by atoms with E-state index in [-0.39, 0.29) is 0 Å². The molecule has 1 rings (SSSR count). The number of nitriles is 1. The first-order valence-electron chi connectivity index (χ1n) is 5.60. The molecule has 0 aromatic carbocycles. The van der Waals surface area contributed by atoms with Gasteiger partial charge in [0.05, 0.1) is 27.9 Å². The summed E-state index contributed by atoms with van der Waals surface area (Å²) < 4.78 is 1.90. The standard InChI is InChI=1S/C12H18ClN3/c1-5-9-11(13)10(16(6-2)15-9)7-12(3,4)8-14/h5-7H2,1-4H3. The van der Waals surface area contributed by atoms with Crippen molar-refractivity contribution in [2.45, 2.75) is 47.1 Å². The molecule has 0 aliphatic rings. The minimum atomic E-state index is -0.401. The lowest BCUT2D eigenvalue weighted by Gasteiger charge is -2.15. The smallest absolute Gasteiger partial charge is 0.0850 e. The number of aryl methyl sites for hydroxylation is 2. The second kappa shape index (κ2) is 4.88. The number of halogens is 1. The van der Waals surface area contributed by atoms with Crippen molar-refractivity contribution in [1.29, 1.82) is 5.26 Å². The summed E-state index contributed by atoms with van der Waals surface area (Å²) in [5.74, 6) is 0. The van der Waals surface area contributed by atoms with E-state index in [1.165, 1.54) is 0 Å². The van der Waals surface area contributed by atoms with Crippen molar-refractivity contribution in [3.63, 3.8) is 0 Å². The van der Waals surface area contributed by atoms with Crippen LogP contribution < -0.4 is 0 Å². The number of hydrogen-bond donors (Lipinski definition) is 0. The minimum Gasteiger partial charge on any atom is -0.268 e. The molecule has 0 spiro atoms. The molecule has 0 aliphatic heterocycles. The fourth-order valence-corrected chi connectivity index (χ4v) is 1.98. The maximum Gasteiger partial charge on any atom is 0.0850 e. The van der Waals surface area contributed by atoms with Crippen molar-refractivity contribution in [2.24, 2.45) is 5.41 Å². The highest BCUT2D eigenvalue weighted by atomic mass is 35.5. The molecule has 0 saturated carbocycles. The van der Waals surface area contributed by atoms with Crippen molar-refractivity contribution >= 4 is 11.6 Å². The van der Waals surface area contributed by atoms with Gasteiger partial charge in [0.1, 0.15) is 0 Å². The predicted octanol–water partition coefficient (Wildman–Crippen LogP) is 3.21. The van der Waals surface area contributed by atoms with Crippen LogP contribution in [0.3, 0.4) is 0 Å². The van der Waals surface area contributed by atoms with Gasteiger partial charge in [0.25, 0.3) is 0 Å². The molecule has 3 nitrogen and oxygen atoms in total. The van der Waals surface area contributed by atoms with E-state index >= 15 is 0 Å². The zero-order chi connectivity index (χ0) is 12.3.